The van der Waals surface area contributed by atoms with Gasteiger partial charge in [0.15, 0.2) is 0 Å². The summed E-state index contributed by atoms with van der Waals surface area (Å²) in [4.78, 5) is 24.3. The summed E-state index contributed by atoms with van der Waals surface area (Å²) in [5.41, 5.74) is 1.11. The van der Waals surface area contributed by atoms with Gasteiger partial charge in [-0.1, -0.05) is 18.2 Å². The number of anilines is 1. The number of aromatic carboxylic acids is 1. The van der Waals surface area contributed by atoms with Crippen molar-refractivity contribution < 1.29 is 14.7 Å². The van der Waals surface area contributed by atoms with Gasteiger partial charge in [0.25, 0.3) is 0 Å². The number of likely N-dealkylation sites (N-methyl/N-ethyl adjacent to an activating group) is 1. The van der Waals surface area contributed by atoms with Gasteiger partial charge in [-0.2, -0.15) is 0 Å². The lowest BCUT2D eigenvalue weighted by atomic mass is 10.1. The molecule has 0 fully saturated rings. The highest BCUT2D eigenvalue weighted by Crippen LogP contribution is 2.20. The largest absolute Gasteiger partial charge is 0.478 e. The predicted octanol–water partition coefficient (Wildman–Crippen LogP) is 2.34. The molecule has 1 aromatic rings. The number of para-hydroxylation sites is 1. The van der Waals surface area contributed by atoms with E-state index in [1.807, 2.05) is 0 Å². The zero-order chi connectivity index (χ0) is 13.7. The lowest BCUT2D eigenvalue weighted by molar-refractivity contribution is 0.0698. The van der Waals surface area contributed by atoms with Crippen molar-refractivity contribution in [1.82, 2.24) is 4.90 Å². The third-order valence-corrected chi connectivity index (χ3v) is 2.48. The molecule has 0 aromatic heterocycles. The molecule has 5 nitrogen and oxygen atoms in total. The van der Waals surface area contributed by atoms with Gasteiger partial charge in [-0.3, -0.25) is 0 Å². The highest BCUT2D eigenvalue weighted by atomic mass is 16.4. The Hall–Kier alpha value is -2.30. The van der Waals surface area contributed by atoms with E-state index in [9.17, 15) is 9.59 Å². The first kappa shape index (κ1) is 13.8. The van der Waals surface area contributed by atoms with Crippen molar-refractivity contribution in [2.45, 2.75) is 6.92 Å². The molecule has 0 atom stereocenters. The maximum Gasteiger partial charge on any atom is 0.337 e. The summed E-state index contributed by atoms with van der Waals surface area (Å²) >= 11 is 0. The Balaban J connectivity index is 3.00. The van der Waals surface area contributed by atoms with E-state index >= 15 is 0 Å². The number of amides is 2. The van der Waals surface area contributed by atoms with Crippen molar-refractivity contribution in [2.24, 2.45) is 0 Å². The summed E-state index contributed by atoms with van der Waals surface area (Å²) in [7, 11) is 1.61. The molecule has 18 heavy (non-hydrogen) atoms. The maximum atomic E-state index is 11.8. The summed E-state index contributed by atoms with van der Waals surface area (Å²) in [5.74, 6) is -1.07. The molecular formula is C13H16N2O3. The molecule has 0 saturated carbocycles. The number of hydrogen-bond acceptors (Lipinski definition) is 2. The van der Waals surface area contributed by atoms with Gasteiger partial charge >= 0.3 is 12.0 Å². The normalized spacial score (nSPS) is 9.67. The van der Waals surface area contributed by atoms with Crippen molar-refractivity contribution in [1.29, 1.82) is 0 Å². The Labute approximate surface area is 106 Å². The summed E-state index contributed by atoms with van der Waals surface area (Å²) < 4.78 is 0. The first-order valence-electron chi connectivity index (χ1n) is 5.43. The van der Waals surface area contributed by atoms with Crippen LogP contribution >= 0.6 is 0 Å². The number of nitrogens with one attached hydrogen (secondary N) is 1. The Morgan fingerprint density at radius 2 is 2.17 bits per heavy atom. The third kappa shape index (κ3) is 3.10. The second-order valence-electron chi connectivity index (χ2n) is 3.90. The molecule has 96 valence electrons. The summed E-state index contributed by atoms with van der Waals surface area (Å²) in [6.07, 6.45) is 1.59. The van der Waals surface area contributed by atoms with Crippen LogP contribution in [-0.2, 0) is 0 Å². The molecule has 0 bridgehead atoms. The minimum atomic E-state index is -1.07. The van der Waals surface area contributed by atoms with Gasteiger partial charge in [0.1, 0.15) is 0 Å². The second kappa shape index (κ2) is 5.86. The number of hydrogen-bond donors (Lipinski definition) is 2. The van der Waals surface area contributed by atoms with Crippen molar-refractivity contribution in [3.8, 4) is 0 Å². The van der Waals surface area contributed by atoms with Gasteiger partial charge in [-0.15, -0.1) is 6.58 Å². The third-order valence-electron chi connectivity index (χ3n) is 2.48. The van der Waals surface area contributed by atoms with E-state index in [4.69, 9.17) is 5.11 Å². The van der Waals surface area contributed by atoms with Crippen molar-refractivity contribution in [2.75, 3.05) is 18.9 Å². The number of carboxylic acid groups (broad SMARTS) is 1. The van der Waals surface area contributed by atoms with Crippen LogP contribution in [0.5, 0.6) is 0 Å². The van der Waals surface area contributed by atoms with Crippen LogP contribution in [0.1, 0.15) is 15.9 Å². The Bertz CT molecular complexity index is 483. The molecule has 0 aliphatic carbocycles. The lowest BCUT2D eigenvalue weighted by Crippen LogP contribution is -2.32. The second-order valence-corrected chi connectivity index (χ2v) is 3.90. The zero-order valence-electron chi connectivity index (χ0n) is 10.4. The fourth-order valence-corrected chi connectivity index (χ4v) is 1.49. The summed E-state index contributed by atoms with van der Waals surface area (Å²) in [6, 6.07) is 4.47. The van der Waals surface area contributed by atoms with Gasteiger partial charge in [-0.05, 0) is 18.6 Å². The highest BCUT2D eigenvalue weighted by Gasteiger charge is 2.15. The molecule has 0 aliphatic heterocycles. The number of carboxylic acids is 1. The molecular weight excluding hydrogens is 232 g/mol. The molecule has 0 unspecified atom stereocenters. The SMILES string of the molecule is C=CCN(C)C(=O)Nc1c(C)cccc1C(=O)O. The van der Waals surface area contributed by atoms with E-state index in [2.05, 4.69) is 11.9 Å². The number of benzene rings is 1. The van der Waals surface area contributed by atoms with Crippen LogP contribution in [0.2, 0.25) is 0 Å². The topological polar surface area (TPSA) is 69.6 Å². The van der Waals surface area contributed by atoms with Crippen LogP contribution in [0.4, 0.5) is 10.5 Å². The fourth-order valence-electron chi connectivity index (χ4n) is 1.49. The molecule has 2 amide bonds. The number of carbonyl (C=O) groups excluding carboxylic acids is 1. The minimum Gasteiger partial charge on any atom is -0.478 e. The average Bonchev–Trinajstić information content (AvgIpc) is 2.31. The standard InChI is InChI=1S/C13H16N2O3/c1-4-8-15(3)13(18)14-11-9(2)6-5-7-10(11)12(16)17/h4-7H,1,8H2,2-3H3,(H,14,18)(H,16,17). The molecule has 0 aliphatic rings. The van der Waals surface area contributed by atoms with Crippen LogP contribution in [0.15, 0.2) is 30.9 Å². The molecule has 0 radical (unpaired) electrons. The first-order chi connectivity index (χ1) is 8.47. The molecule has 1 aromatic carbocycles. The van der Waals surface area contributed by atoms with Gasteiger partial charge in [0, 0.05) is 13.6 Å². The van der Waals surface area contributed by atoms with E-state index in [1.54, 1.807) is 32.2 Å². The fraction of sp³-hybridized carbons (Fsp3) is 0.231. The quantitative estimate of drug-likeness (QED) is 0.803. The smallest absolute Gasteiger partial charge is 0.337 e. The van der Waals surface area contributed by atoms with E-state index < -0.39 is 5.97 Å². The number of aryl methyl sites for hydroxylation is 1. The van der Waals surface area contributed by atoms with Gasteiger partial charge in [-0.25, -0.2) is 9.59 Å². The summed E-state index contributed by atoms with van der Waals surface area (Å²) in [6.45, 7) is 5.67. The number of nitrogens with zero attached hydrogens (tertiary/aromatic N) is 1. The highest BCUT2D eigenvalue weighted by molar-refractivity contribution is 6.00. The monoisotopic (exact) mass is 248 g/mol. The van der Waals surface area contributed by atoms with Crippen LogP contribution in [-0.4, -0.2) is 35.6 Å². The van der Waals surface area contributed by atoms with E-state index in [1.165, 1.54) is 11.0 Å². The van der Waals surface area contributed by atoms with Crippen LogP contribution in [0.3, 0.4) is 0 Å². The molecule has 5 heteroatoms. The first-order valence-corrected chi connectivity index (χ1v) is 5.43. The molecule has 0 saturated heterocycles. The lowest BCUT2D eigenvalue weighted by Gasteiger charge is -2.18. The Morgan fingerprint density at radius 3 is 2.72 bits per heavy atom. The van der Waals surface area contributed by atoms with E-state index in [0.717, 1.165) is 0 Å². The number of carbonyl (C=O) groups is 2. The van der Waals surface area contributed by atoms with Crippen molar-refractivity contribution in [3.63, 3.8) is 0 Å². The van der Waals surface area contributed by atoms with Crippen LogP contribution in [0, 0.1) is 6.92 Å². The van der Waals surface area contributed by atoms with Gasteiger partial charge < -0.3 is 15.3 Å². The minimum absolute atomic E-state index is 0.0790. The molecule has 2 N–H and O–H groups in total. The molecule has 0 heterocycles. The molecule has 0 spiro atoms. The average molecular weight is 248 g/mol. The number of rotatable bonds is 4. The number of urea groups is 1. The Kier molecular flexibility index (Phi) is 4.48. The Morgan fingerprint density at radius 1 is 1.50 bits per heavy atom. The molecule has 1 rings (SSSR count). The zero-order valence-corrected chi connectivity index (χ0v) is 10.4. The van der Waals surface area contributed by atoms with Crippen molar-refractivity contribution >= 4 is 17.7 Å². The van der Waals surface area contributed by atoms with Gasteiger partial charge in [0.05, 0.1) is 11.3 Å². The predicted molar refractivity (Wildman–Crippen MR) is 70.0 cm³/mol. The van der Waals surface area contributed by atoms with E-state index in [0.29, 0.717) is 17.8 Å². The van der Waals surface area contributed by atoms with Crippen molar-refractivity contribution in [3.05, 3.63) is 42.0 Å². The van der Waals surface area contributed by atoms with Crippen LogP contribution < -0.4 is 5.32 Å². The van der Waals surface area contributed by atoms with Crippen LogP contribution in [0.25, 0.3) is 0 Å². The van der Waals surface area contributed by atoms with E-state index in [-0.39, 0.29) is 11.6 Å². The van der Waals surface area contributed by atoms with Gasteiger partial charge in [0.2, 0.25) is 0 Å². The maximum absolute atomic E-state index is 11.8. The summed E-state index contributed by atoms with van der Waals surface area (Å²) in [5, 5.41) is 11.7.